The van der Waals surface area contributed by atoms with Crippen molar-refractivity contribution < 1.29 is 19.4 Å². The number of terminal acetylenes is 2. The second-order valence-corrected chi connectivity index (χ2v) is 6.52. The summed E-state index contributed by atoms with van der Waals surface area (Å²) in [5.41, 5.74) is 6.75. The van der Waals surface area contributed by atoms with Gasteiger partial charge in [0.2, 0.25) is 0 Å². The van der Waals surface area contributed by atoms with Gasteiger partial charge >= 0.3 is 5.97 Å². The molecule has 0 heterocycles. The van der Waals surface area contributed by atoms with Crippen LogP contribution in [0.25, 0.3) is 0 Å². The summed E-state index contributed by atoms with van der Waals surface area (Å²) in [5, 5.41) is 0. The van der Waals surface area contributed by atoms with Crippen molar-refractivity contribution in [3.05, 3.63) is 88.5 Å². The van der Waals surface area contributed by atoms with Gasteiger partial charge in [0.05, 0.1) is 16.8 Å². The fraction of sp³-hybridized carbons (Fsp3) is 0.0800. The van der Waals surface area contributed by atoms with Crippen LogP contribution < -0.4 is 15.1 Å². The summed E-state index contributed by atoms with van der Waals surface area (Å²) in [4.78, 5) is 22.6. The van der Waals surface area contributed by atoms with E-state index in [1.54, 1.807) is 48.5 Å². The van der Waals surface area contributed by atoms with Crippen LogP contribution in [0.5, 0.6) is 11.5 Å². The van der Waals surface area contributed by atoms with Crippen molar-refractivity contribution in [1.29, 1.82) is 0 Å². The SMILES string of the molecule is C#Cc1cc(C)ccc1NOOc1ccc(OC(=O)c2ccc(C)cc2C#C)cc1. The molecule has 3 aromatic carbocycles. The van der Waals surface area contributed by atoms with Crippen molar-refractivity contribution in [3.8, 4) is 36.2 Å². The number of aryl methyl sites for hydroxylation is 2. The molecule has 30 heavy (non-hydrogen) atoms. The molecule has 0 atom stereocenters. The summed E-state index contributed by atoms with van der Waals surface area (Å²) in [7, 11) is 0. The molecule has 5 heteroatoms. The van der Waals surface area contributed by atoms with Gasteiger partial charge in [0, 0.05) is 5.56 Å². The molecule has 1 N–H and O–H groups in total. The van der Waals surface area contributed by atoms with Crippen LogP contribution in [0.15, 0.2) is 60.7 Å². The summed E-state index contributed by atoms with van der Waals surface area (Å²) in [6.45, 7) is 3.85. The van der Waals surface area contributed by atoms with E-state index < -0.39 is 5.97 Å². The van der Waals surface area contributed by atoms with Crippen LogP contribution in [0.2, 0.25) is 0 Å². The van der Waals surface area contributed by atoms with E-state index in [1.807, 2.05) is 26.0 Å². The maximum atomic E-state index is 12.4. The highest BCUT2D eigenvalue weighted by Gasteiger charge is 2.13. The number of nitrogens with one attached hydrogen (secondary N) is 1. The van der Waals surface area contributed by atoms with E-state index >= 15 is 0 Å². The zero-order chi connectivity index (χ0) is 21.5. The van der Waals surface area contributed by atoms with Gasteiger partial charge in [-0.2, -0.15) is 0 Å². The second-order valence-electron chi connectivity index (χ2n) is 6.52. The van der Waals surface area contributed by atoms with Gasteiger partial charge in [-0.1, -0.05) is 29.0 Å². The number of ether oxygens (including phenoxy) is 1. The number of anilines is 1. The van der Waals surface area contributed by atoms with Crippen molar-refractivity contribution in [2.45, 2.75) is 13.8 Å². The summed E-state index contributed by atoms with van der Waals surface area (Å²) in [6.07, 6.45) is 11.0. The van der Waals surface area contributed by atoms with E-state index in [4.69, 9.17) is 27.5 Å². The van der Waals surface area contributed by atoms with Gasteiger partial charge in [-0.25, -0.2) is 10.3 Å². The molecule has 0 aliphatic carbocycles. The molecule has 0 aromatic heterocycles. The molecule has 148 valence electrons. The van der Waals surface area contributed by atoms with Gasteiger partial charge in [-0.05, 0) is 73.5 Å². The topological polar surface area (TPSA) is 56.8 Å². The molecule has 0 bridgehead atoms. The molecule has 0 unspecified atom stereocenters. The van der Waals surface area contributed by atoms with Crippen molar-refractivity contribution in [3.63, 3.8) is 0 Å². The monoisotopic (exact) mass is 397 g/mol. The standard InChI is InChI=1S/C25H19NO4/c1-5-19-15-17(3)7-13-23(19)25(27)28-21-9-11-22(12-10-21)29-30-26-24-14-8-18(4)16-20(24)6-2/h1-2,7-16,26H,3-4H3. The molecule has 0 aliphatic heterocycles. The zero-order valence-electron chi connectivity index (χ0n) is 16.6. The highest BCUT2D eigenvalue weighted by Crippen LogP contribution is 2.21. The first-order chi connectivity index (χ1) is 14.5. The van der Waals surface area contributed by atoms with E-state index in [2.05, 4.69) is 17.3 Å². The number of hydrogen-bond donors (Lipinski definition) is 1. The molecule has 0 spiro atoms. The number of carbonyl (C=O) groups excluding carboxylic acids is 1. The minimum Gasteiger partial charge on any atom is -0.423 e. The maximum Gasteiger partial charge on any atom is 0.344 e. The van der Waals surface area contributed by atoms with Gasteiger partial charge in [0.25, 0.3) is 0 Å². The van der Waals surface area contributed by atoms with E-state index in [9.17, 15) is 4.79 Å². The van der Waals surface area contributed by atoms with Gasteiger partial charge in [-0.15, -0.1) is 12.8 Å². The fourth-order valence-electron chi connectivity index (χ4n) is 2.66. The third-order valence-electron chi connectivity index (χ3n) is 4.20. The summed E-state index contributed by atoms with van der Waals surface area (Å²) < 4.78 is 5.38. The normalized spacial score (nSPS) is 9.87. The third kappa shape index (κ3) is 4.99. The molecule has 0 aliphatic rings. The van der Waals surface area contributed by atoms with Crippen molar-refractivity contribution in [2.75, 3.05) is 5.48 Å². The Kier molecular flexibility index (Phi) is 6.39. The molecule has 0 radical (unpaired) electrons. The fourth-order valence-corrected chi connectivity index (χ4v) is 2.66. The Bertz CT molecular complexity index is 1150. The molecule has 0 fully saturated rings. The largest absolute Gasteiger partial charge is 0.423 e. The Hall–Kier alpha value is -4.19. The Morgan fingerprint density at radius 1 is 0.833 bits per heavy atom. The van der Waals surface area contributed by atoms with E-state index in [0.29, 0.717) is 33.9 Å². The number of hydrogen-bond acceptors (Lipinski definition) is 5. The van der Waals surface area contributed by atoms with E-state index in [0.717, 1.165) is 11.1 Å². The lowest BCUT2D eigenvalue weighted by molar-refractivity contribution is -0.178. The highest BCUT2D eigenvalue weighted by molar-refractivity contribution is 5.93. The molecular weight excluding hydrogens is 378 g/mol. The molecule has 5 nitrogen and oxygen atoms in total. The molecule has 0 saturated carbocycles. The van der Waals surface area contributed by atoms with Crippen LogP contribution in [0.3, 0.4) is 0 Å². The first kappa shape index (κ1) is 20.5. The average Bonchev–Trinajstić information content (AvgIpc) is 2.75. The van der Waals surface area contributed by atoms with Gasteiger partial charge in [-0.3, -0.25) is 0 Å². The Morgan fingerprint density at radius 2 is 1.43 bits per heavy atom. The highest BCUT2D eigenvalue weighted by atomic mass is 17.3. The summed E-state index contributed by atoms with van der Waals surface area (Å²) in [5.74, 6) is 5.29. The van der Waals surface area contributed by atoms with Crippen molar-refractivity contribution >= 4 is 11.7 Å². The van der Waals surface area contributed by atoms with Crippen molar-refractivity contribution in [1.82, 2.24) is 0 Å². The Labute approximate surface area is 175 Å². The first-order valence-corrected chi connectivity index (χ1v) is 9.06. The van der Waals surface area contributed by atoms with E-state index in [-0.39, 0.29) is 0 Å². The lowest BCUT2D eigenvalue weighted by Gasteiger charge is -2.10. The lowest BCUT2D eigenvalue weighted by Crippen LogP contribution is -2.10. The van der Waals surface area contributed by atoms with Crippen LogP contribution in [0.1, 0.15) is 32.6 Å². The summed E-state index contributed by atoms with van der Waals surface area (Å²) >= 11 is 0. The Morgan fingerprint density at radius 3 is 2.10 bits per heavy atom. The first-order valence-electron chi connectivity index (χ1n) is 9.06. The molecule has 0 saturated heterocycles. The van der Waals surface area contributed by atoms with E-state index in [1.165, 1.54) is 0 Å². The van der Waals surface area contributed by atoms with Crippen LogP contribution in [0.4, 0.5) is 5.69 Å². The molecule has 3 rings (SSSR count). The van der Waals surface area contributed by atoms with Gasteiger partial charge in [0.15, 0.2) is 5.75 Å². The summed E-state index contributed by atoms with van der Waals surface area (Å²) in [6, 6.07) is 17.1. The molecule has 0 amide bonds. The molecule has 3 aromatic rings. The Balaban J connectivity index is 1.59. The maximum absolute atomic E-state index is 12.4. The number of benzene rings is 3. The average molecular weight is 397 g/mol. The zero-order valence-corrected chi connectivity index (χ0v) is 16.6. The third-order valence-corrected chi connectivity index (χ3v) is 4.20. The smallest absolute Gasteiger partial charge is 0.344 e. The number of esters is 1. The second kappa shape index (κ2) is 9.34. The van der Waals surface area contributed by atoms with Gasteiger partial charge in [0.1, 0.15) is 5.75 Å². The van der Waals surface area contributed by atoms with Crippen LogP contribution in [0, 0.1) is 38.5 Å². The number of carbonyl (C=O) groups is 1. The lowest BCUT2D eigenvalue weighted by atomic mass is 10.1. The van der Waals surface area contributed by atoms with Crippen molar-refractivity contribution in [2.24, 2.45) is 0 Å². The quantitative estimate of drug-likeness (QED) is 0.212. The number of rotatable bonds is 6. The van der Waals surface area contributed by atoms with Crippen LogP contribution >= 0.6 is 0 Å². The predicted molar refractivity (Wildman–Crippen MR) is 115 cm³/mol. The van der Waals surface area contributed by atoms with Crippen LogP contribution in [-0.2, 0) is 4.99 Å². The van der Waals surface area contributed by atoms with Gasteiger partial charge < -0.3 is 9.62 Å². The predicted octanol–water partition coefficient (Wildman–Crippen LogP) is 4.82. The molecular formula is C25H19NO4. The van der Waals surface area contributed by atoms with Crippen LogP contribution in [-0.4, -0.2) is 5.97 Å². The minimum absolute atomic E-state index is 0.332. The minimum atomic E-state index is -0.532.